The van der Waals surface area contributed by atoms with Gasteiger partial charge in [-0.2, -0.15) is 26.3 Å². The average Bonchev–Trinajstić information content (AvgIpc) is 2.48. The van der Waals surface area contributed by atoms with Crippen LogP contribution in [0, 0.1) is 5.92 Å². The van der Waals surface area contributed by atoms with Crippen LogP contribution in [0.3, 0.4) is 0 Å². The molecule has 0 aromatic carbocycles. The lowest BCUT2D eigenvalue weighted by molar-refractivity contribution is -0.309. The normalized spacial score (nSPS) is 15.5. The number of halogens is 6. The zero-order chi connectivity index (χ0) is 12.6. The van der Waals surface area contributed by atoms with Crippen molar-refractivity contribution in [1.29, 1.82) is 0 Å². The van der Waals surface area contributed by atoms with E-state index in [1.165, 1.54) is 0 Å². The highest BCUT2D eigenvalue weighted by atomic mass is 19.4. The third kappa shape index (κ3) is 2.69. The molecule has 1 N–H and O–H groups in total. The lowest BCUT2D eigenvalue weighted by Gasteiger charge is -2.26. The SMILES string of the molecule is OC(c1ccco1)C(C(F)(F)F)C(F)(F)F. The summed E-state index contributed by atoms with van der Waals surface area (Å²) >= 11 is 0. The van der Waals surface area contributed by atoms with Crippen LogP contribution in [-0.2, 0) is 0 Å². The Balaban J connectivity index is 3.04. The van der Waals surface area contributed by atoms with E-state index in [1.54, 1.807) is 0 Å². The van der Waals surface area contributed by atoms with Crippen molar-refractivity contribution in [3.63, 3.8) is 0 Å². The molecule has 0 saturated heterocycles. The van der Waals surface area contributed by atoms with Crippen molar-refractivity contribution in [1.82, 2.24) is 0 Å². The van der Waals surface area contributed by atoms with Crippen molar-refractivity contribution in [3.05, 3.63) is 24.2 Å². The van der Waals surface area contributed by atoms with Crippen LogP contribution in [-0.4, -0.2) is 17.5 Å². The van der Waals surface area contributed by atoms with Gasteiger partial charge in [-0.1, -0.05) is 0 Å². The Morgan fingerprint density at radius 3 is 1.88 bits per heavy atom. The highest BCUT2D eigenvalue weighted by Gasteiger charge is 2.61. The summed E-state index contributed by atoms with van der Waals surface area (Å²) in [6.07, 6.45) is -13.1. The van der Waals surface area contributed by atoms with Gasteiger partial charge in [0.1, 0.15) is 11.9 Å². The van der Waals surface area contributed by atoms with E-state index in [-0.39, 0.29) is 0 Å². The van der Waals surface area contributed by atoms with Gasteiger partial charge >= 0.3 is 12.4 Å². The monoisotopic (exact) mass is 248 g/mol. The average molecular weight is 248 g/mol. The minimum absolute atomic E-state index is 0.778. The first-order chi connectivity index (χ1) is 7.14. The smallest absolute Gasteiger partial charge is 0.403 e. The molecule has 0 spiro atoms. The number of aliphatic hydroxyl groups is 1. The lowest BCUT2D eigenvalue weighted by Crippen LogP contribution is -2.40. The highest BCUT2D eigenvalue weighted by Crippen LogP contribution is 2.46. The van der Waals surface area contributed by atoms with Crippen molar-refractivity contribution in [2.24, 2.45) is 5.92 Å². The molecule has 0 aliphatic heterocycles. The summed E-state index contributed by atoms with van der Waals surface area (Å²) in [6.45, 7) is 0. The predicted octanol–water partition coefficient (Wildman–Crippen LogP) is 3.05. The molecule has 1 heterocycles. The van der Waals surface area contributed by atoms with E-state index < -0.39 is 30.1 Å². The van der Waals surface area contributed by atoms with Gasteiger partial charge in [-0.15, -0.1) is 0 Å². The number of hydrogen-bond donors (Lipinski definition) is 1. The molecule has 1 unspecified atom stereocenters. The summed E-state index contributed by atoms with van der Waals surface area (Å²) in [5.41, 5.74) is 0. The van der Waals surface area contributed by atoms with Crippen LogP contribution < -0.4 is 0 Å². The molecule has 1 rings (SSSR count). The third-order valence-electron chi connectivity index (χ3n) is 1.86. The maximum Gasteiger partial charge on any atom is 0.403 e. The van der Waals surface area contributed by atoms with E-state index in [4.69, 9.17) is 5.11 Å². The largest absolute Gasteiger partial charge is 0.467 e. The Kier molecular flexibility index (Phi) is 3.22. The van der Waals surface area contributed by atoms with Crippen molar-refractivity contribution in [2.75, 3.05) is 0 Å². The predicted molar refractivity (Wildman–Crippen MR) is 39.3 cm³/mol. The minimum Gasteiger partial charge on any atom is -0.467 e. The molecule has 0 amide bonds. The number of hydrogen-bond acceptors (Lipinski definition) is 2. The summed E-state index contributed by atoms with van der Waals surface area (Å²) in [4.78, 5) is 0. The highest BCUT2D eigenvalue weighted by molar-refractivity contribution is 5.05. The molecule has 1 aromatic rings. The molecular weight excluding hydrogens is 242 g/mol. The molecule has 0 radical (unpaired) electrons. The molecule has 1 aromatic heterocycles. The quantitative estimate of drug-likeness (QED) is 0.816. The second-order valence-electron chi connectivity index (χ2n) is 3.02. The van der Waals surface area contributed by atoms with Gasteiger partial charge in [0.15, 0.2) is 5.92 Å². The number of rotatable bonds is 2. The molecule has 0 aliphatic rings. The molecule has 16 heavy (non-hydrogen) atoms. The molecular formula is C8H6F6O2. The van der Waals surface area contributed by atoms with Gasteiger partial charge in [-0.3, -0.25) is 0 Å². The molecule has 92 valence electrons. The van der Waals surface area contributed by atoms with Crippen molar-refractivity contribution >= 4 is 0 Å². The maximum absolute atomic E-state index is 12.1. The minimum atomic E-state index is -5.59. The summed E-state index contributed by atoms with van der Waals surface area (Å²) < 4.78 is 77.1. The fraction of sp³-hybridized carbons (Fsp3) is 0.500. The second kappa shape index (κ2) is 4.00. The fourth-order valence-corrected chi connectivity index (χ4v) is 1.17. The second-order valence-corrected chi connectivity index (χ2v) is 3.02. The number of furan rings is 1. The van der Waals surface area contributed by atoms with Gasteiger partial charge in [-0.05, 0) is 12.1 Å². The van der Waals surface area contributed by atoms with Gasteiger partial charge in [0, 0.05) is 0 Å². The van der Waals surface area contributed by atoms with E-state index in [9.17, 15) is 26.3 Å². The molecule has 0 fully saturated rings. The maximum atomic E-state index is 12.1. The van der Waals surface area contributed by atoms with E-state index in [1.807, 2.05) is 0 Å². The molecule has 0 aliphatic carbocycles. The summed E-state index contributed by atoms with van der Waals surface area (Å²) in [7, 11) is 0. The molecule has 1 atom stereocenters. The van der Waals surface area contributed by atoms with Crippen molar-refractivity contribution in [3.8, 4) is 0 Å². The van der Waals surface area contributed by atoms with Gasteiger partial charge in [-0.25, -0.2) is 0 Å². The topological polar surface area (TPSA) is 33.4 Å². The van der Waals surface area contributed by atoms with Crippen LogP contribution in [0.4, 0.5) is 26.3 Å². The first-order valence-electron chi connectivity index (χ1n) is 3.99. The number of aliphatic hydroxyl groups excluding tert-OH is 1. The Bertz CT molecular complexity index is 311. The lowest BCUT2D eigenvalue weighted by atomic mass is 9.99. The Morgan fingerprint density at radius 2 is 1.56 bits per heavy atom. The third-order valence-corrected chi connectivity index (χ3v) is 1.86. The van der Waals surface area contributed by atoms with Crippen LogP contribution in [0.15, 0.2) is 22.8 Å². The van der Waals surface area contributed by atoms with Gasteiger partial charge in [0.2, 0.25) is 0 Å². The van der Waals surface area contributed by atoms with Gasteiger partial charge in [0.05, 0.1) is 6.26 Å². The van der Waals surface area contributed by atoms with Crippen LogP contribution in [0.2, 0.25) is 0 Å². The van der Waals surface area contributed by atoms with E-state index in [0.29, 0.717) is 0 Å². The molecule has 0 saturated carbocycles. The van der Waals surface area contributed by atoms with E-state index >= 15 is 0 Å². The summed E-state index contributed by atoms with van der Waals surface area (Å²) in [5, 5.41) is 9.01. The number of alkyl halides is 6. The standard InChI is InChI=1S/C8H6F6O2/c9-7(10,11)6(8(12,13)14)5(15)4-2-1-3-16-4/h1-3,5-6,15H. The van der Waals surface area contributed by atoms with Crippen LogP contribution in [0.5, 0.6) is 0 Å². The van der Waals surface area contributed by atoms with Crippen LogP contribution in [0.1, 0.15) is 11.9 Å². The van der Waals surface area contributed by atoms with E-state index in [2.05, 4.69) is 4.42 Å². The van der Waals surface area contributed by atoms with Gasteiger partial charge in [0.25, 0.3) is 0 Å². The zero-order valence-electron chi connectivity index (χ0n) is 7.51. The Labute approximate surface area is 85.5 Å². The van der Waals surface area contributed by atoms with Crippen LogP contribution >= 0.6 is 0 Å². The van der Waals surface area contributed by atoms with Crippen LogP contribution in [0.25, 0.3) is 0 Å². The van der Waals surface area contributed by atoms with Gasteiger partial charge < -0.3 is 9.52 Å². The Hall–Kier alpha value is -1.18. The molecule has 8 heteroatoms. The van der Waals surface area contributed by atoms with Crippen molar-refractivity contribution < 1.29 is 35.9 Å². The Morgan fingerprint density at radius 1 is 1.06 bits per heavy atom. The van der Waals surface area contributed by atoms with E-state index in [0.717, 1.165) is 18.4 Å². The van der Waals surface area contributed by atoms with Crippen molar-refractivity contribution in [2.45, 2.75) is 18.5 Å². The molecule has 2 nitrogen and oxygen atoms in total. The first kappa shape index (κ1) is 12.9. The zero-order valence-corrected chi connectivity index (χ0v) is 7.51. The fourth-order valence-electron chi connectivity index (χ4n) is 1.17. The summed E-state index contributed by atoms with van der Waals surface area (Å²) in [5.74, 6) is -4.63. The molecule has 0 bridgehead atoms. The first-order valence-corrected chi connectivity index (χ1v) is 3.99. The summed E-state index contributed by atoms with van der Waals surface area (Å²) in [6, 6.07) is 1.93.